The molecule has 0 N–H and O–H groups in total. The van der Waals surface area contributed by atoms with Crippen LogP contribution >= 0.6 is 24.0 Å². The molecule has 1 aromatic rings. The first-order chi connectivity index (χ1) is 9.02. The molecular weight excluding hydrogens is 274 g/mol. The van der Waals surface area contributed by atoms with E-state index in [1.54, 1.807) is 11.0 Å². The van der Waals surface area contributed by atoms with Gasteiger partial charge in [0.25, 0.3) is 5.91 Å². The molecule has 0 radical (unpaired) electrons. The van der Waals surface area contributed by atoms with Crippen molar-refractivity contribution in [3.05, 3.63) is 52.4 Å². The molecule has 1 aromatic carbocycles. The molecule has 0 bridgehead atoms. The van der Waals surface area contributed by atoms with Gasteiger partial charge in [0.2, 0.25) is 0 Å². The van der Waals surface area contributed by atoms with E-state index in [9.17, 15) is 4.79 Å². The van der Waals surface area contributed by atoms with Gasteiger partial charge in [-0.15, -0.1) is 6.58 Å². The standard InChI is InChI=1S/C15H15NOS2/c1-4-7-16-14(17)13(19-15(16)18)9-12-8-10(2)5-6-11(12)3/h4-6,8-9H,1,7H2,2-3H3. The van der Waals surface area contributed by atoms with Crippen molar-refractivity contribution in [2.24, 2.45) is 0 Å². The molecule has 1 amide bonds. The second-order valence-corrected chi connectivity index (χ2v) is 6.12. The van der Waals surface area contributed by atoms with Crippen LogP contribution in [-0.2, 0) is 4.79 Å². The predicted octanol–water partition coefficient (Wildman–Crippen LogP) is 3.69. The van der Waals surface area contributed by atoms with Gasteiger partial charge in [-0.3, -0.25) is 9.69 Å². The molecule has 2 rings (SSSR count). The maximum atomic E-state index is 12.2. The van der Waals surface area contributed by atoms with Crippen molar-refractivity contribution in [1.82, 2.24) is 4.90 Å². The highest BCUT2D eigenvalue weighted by Gasteiger charge is 2.30. The maximum Gasteiger partial charge on any atom is 0.266 e. The highest BCUT2D eigenvalue weighted by Crippen LogP contribution is 2.32. The molecule has 4 heteroatoms. The van der Waals surface area contributed by atoms with Crippen LogP contribution < -0.4 is 0 Å². The van der Waals surface area contributed by atoms with Gasteiger partial charge in [-0.05, 0) is 31.1 Å². The van der Waals surface area contributed by atoms with Crippen molar-refractivity contribution in [2.45, 2.75) is 13.8 Å². The third-order valence-electron chi connectivity index (χ3n) is 2.91. The number of hydrogen-bond donors (Lipinski definition) is 0. The lowest BCUT2D eigenvalue weighted by atomic mass is 10.1. The van der Waals surface area contributed by atoms with Crippen molar-refractivity contribution in [2.75, 3.05) is 6.54 Å². The Hall–Kier alpha value is -1.39. The van der Waals surface area contributed by atoms with Gasteiger partial charge in [-0.2, -0.15) is 0 Å². The largest absolute Gasteiger partial charge is 0.289 e. The van der Waals surface area contributed by atoms with Crippen LogP contribution in [-0.4, -0.2) is 21.7 Å². The molecule has 2 nitrogen and oxygen atoms in total. The van der Waals surface area contributed by atoms with Gasteiger partial charge >= 0.3 is 0 Å². The van der Waals surface area contributed by atoms with Crippen molar-refractivity contribution < 1.29 is 4.79 Å². The van der Waals surface area contributed by atoms with E-state index < -0.39 is 0 Å². The number of thiocarbonyl (C=S) groups is 1. The van der Waals surface area contributed by atoms with Gasteiger partial charge in [0.15, 0.2) is 0 Å². The van der Waals surface area contributed by atoms with E-state index in [1.165, 1.54) is 17.3 Å². The predicted molar refractivity (Wildman–Crippen MR) is 86.0 cm³/mol. The Labute approximate surface area is 123 Å². The second kappa shape index (κ2) is 5.72. The summed E-state index contributed by atoms with van der Waals surface area (Å²) < 4.78 is 0.599. The molecular formula is C15H15NOS2. The molecule has 98 valence electrons. The summed E-state index contributed by atoms with van der Waals surface area (Å²) in [6.45, 7) is 8.19. The Kier molecular flexibility index (Phi) is 4.22. The molecule has 0 aliphatic carbocycles. The number of thioether (sulfide) groups is 1. The molecule has 1 aliphatic rings. The first kappa shape index (κ1) is 14.0. The first-order valence-corrected chi connectivity index (χ1v) is 7.19. The lowest BCUT2D eigenvalue weighted by Gasteiger charge is -2.10. The van der Waals surface area contributed by atoms with Crippen LogP contribution in [0.25, 0.3) is 6.08 Å². The van der Waals surface area contributed by atoms with Crippen molar-refractivity contribution >= 4 is 40.3 Å². The van der Waals surface area contributed by atoms with Gasteiger partial charge < -0.3 is 0 Å². The summed E-state index contributed by atoms with van der Waals surface area (Å²) in [6, 6.07) is 6.20. The van der Waals surface area contributed by atoms with E-state index in [0.29, 0.717) is 15.8 Å². The van der Waals surface area contributed by atoms with Crippen molar-refractivity contribution in [1.29, 1.82) is 0 Å². The fourth-order valence-electron chi connectivity index (χ4n) is 1.84. The quantitative estimate of drug-likeness (QED) is 0.481. The summed E-state index contributed by atoms with van der Waals surface area (Å²) in [5.41, 5.74) is 3.40. The molecule has 19 heavy (non-hydrogen) atoms. The second-order valence-electron chi connectivity index (χ2n) is 4.44. The number of amides is 1. The van der Waals surface area contributed by atoms with Crippen LogP contribution in [0.15, 0.2) is 35.8 Å². The summed E-state index contributed by atoms with van der Waals surface area (Å²) in [4.78, 5) is 14.5. The van der Waals surface area contributed by atoms with Gasteiger partial charge in [-0.25, -0.2) is 0 Å². The topological polar surface area (TPSA) is 20.3 Å². The van der Waals surface area contributed by atoms with E-state index >= 15 is 0 Å². The Morgan fingerprint density at radius 1 is 1.42 bits per heavy atom. The average Bonchev–Trinajstić information content (AvgIpc) is 2.62. The van der Waals surface area contributed by atoms with Crippen LogP contribution in [0, 0.1) is 13.8 Å². The zero-order chi connectivity index (χ0) is 14.0. The Morgan fingerprint density at radius 3 is 2.84 bits per heavy atom. The maximum absolute atomic E-state index is 12.2. The molecule has 1 fully saturated rings. The molecule has 0 aromatic heterocycles. The minimum absolute atomic E-state index is 0.0317. The lowest BCUT2D eigenvalue weighted by molar-refractivity contribution is -0.121. The van der Waals surface area contributed by atoms with Gasteiger partial charge in [0.1, 0.15) is 4.32 Å². The zero-order valence-electron chi connectivity index (χ0n) is 11.0. The molecule has 1 saturated heterocycles. The molecule has 0 saturated carbocycles. The molecule has 1 heterocycles. The van der Waals surface area contributed by atoms with E-state index in [1.807, 2.05) is 19.9 Å². The molecule has 1 aliphatic heterocycles. The third kappa shape index (κ3) is 2.96. The fraction of sp³-hybridized carbons (Fsp3) is 0.200. The normalized spacial score (nSPS) is 17.4. The molecule has 0 unspecified atom stereocenters. The zero-order valence-corrected chi connectivity index (χ0v) is 12.6. The van der Waals surface area contributed by atoms with Crippen molar-refractivity contribution in [3.63, 3.8) is 0 Å². The van der Waals surface area contributed by atoms with Gasteiger partial charge in [0, 0.05) is 6.54 Å². The highest BCUT2D eigenvalue weighted by atomic mass is 32.2. The minimum Gasteiger partial charge on any atom is -0.289 e. The molecule has 0 spiro atoms. The summed E-state index contributed by atoms with van der Waals surface area (Å²) in [5.74, 6) is -0.0317. The summed E-state index contributed by atoms with van der Waals surface area (Å²) in [5, 5.41) is 0. The number of rotatable bonds is 3. The van der Waals surface area contributed by atoms with Crippen LogP contribution in [0.4, 0.5) is 0 Å². The Balaban J connectivity index is 2.34. The smallest absolute Gasteiger partial charge is 0.266 e. The number of carbonyl (C=O) groups is 1. The number of benzene rings is 1. The fourth-order valence-corrected chi connectivity index (χ4v) is 3.11. The van der Waals surface area contributed by atoms with Crippen LogP contribution in [0.2, 0.25) is 0 Å². The van der Waals surface area contributed by atoms with E-state index in [4.69, 9.17) is 12.2 Å². The number of aryl methyl sites for hydroxylation is 2. The van der Waals surface area contributed by atoms with E-state index in [-0.39, 0.29) is 5.91 Å². The minimum atomic E-state index is -0.0317. The molecule has 0 atom stereocenters. The number of carbonyl (C=O) groups excluding carboxylic acids is 1. The number of hydrogen-bond acceptors (Lipinski definition) is 3. The van der Waals surface area contributed by atoms with Crippen LogP contribution in [0.1, 0.15) is 16.7 Å². The van der Waals surface area contributed by atoms with Crippen LogP contribution in [0.5, 0.6) is 0 Å². The van der Waals surface area contributed by atoms with E-state index in [0.717, 1.165) is 11.1 Å². The monoisotopic (exact) mass is 289 g/mol. The van der Waals surface area contributed by atoms with Gasteiger partial charge in [0.05, 0.1) is 4.91 Å². The lowest BCUT2D eigenvalue weighted by Crippen LogP contribution is -2.27. The average molecular weight is 289 g/mol. The highest BCUT2D eigenvalue weighted by molar-refractivity contribution is 8.26. The summed E-state index contributed by atoms with van der Waals surface area (Å²) in [7, 11) is 0. The summed E-state index contributed by atoms with van der Waals surface area (Å²) >= 11 is 6.57. The SMILES string of the molecule is C=CCN1C(=O)C(=Cc2cc(C)ccc2C)SC1=S. The number of nitrogens with zero attached hydrogens (tertiary/aromatic N) is 1. The van der Waals surface area contributed by atoms with Gasteiger partial charge in [-0.1, -0.05) is 53.8 Å². The van der Waals surface area contributed by atoms with E-state index in [2.05, 4.69) is 24.8 Å². The van der Waals surface area contributed by atoms with Crippen molar-refractivity contribution in [3.8, 4) is 0 Å². The summed E-state index contributed by atoms with van der Waals surface area (Å²) in [6.07, 6.45) is 3.61. The van der Waals surface area contributed by atoms with Crippen LogP contribution in [0.3, 0.4) is 0 Å². The first-order valence-electron chi connectivity index (χ1n) is 5.96. The Morgan fingerprint density at radius 2 is 2.16 bits per heavy atom. The third-order valence-corrected chi connectivity index (χ3v) is 4.28. The Bertz CT molecular complexity index is 590.